The summed E-state index contributed by atoms with van der Waals surface area (Å²) >= 11 is 0. The van der Waals surface area contributed by atoms with E-state index in [2.05, 4.69) is 282 Å². The molecule has 0 spiro atoms. The summed E-state index contributed by atoms with van der Waals surface area (Å²) < 4.78 is 12.0. The Hall–Kier alpha value is -10.7. The maximum atomic E-state index is 7.24. The van der Waals surface area contributed by atoms with E-state index in [4.69, 9.17) is 19.4 Å². The van der Waals surface area contributed by atoms with Crippen molar-refractivity contribution in [3.8, 4) is 78.9 Å². The molecule has 0 aliphatic heterocycles. The van der Waals surface area contributed by atoms with Gasteiger partial charge < -0.3 is 13.6 Å². The summed E-state index contributed by atoms with van der Waals surface area (Å²) in [4.78, 5) is 16.2. The summed E-state index contributed by atoms with van der Waals surface area (Å²) in [6, 6.07) is 91.0. The van der Waals surface area contributed by atoms with Gasteiger partial charge in [-0.25, -0.2) is 15.0 Å². The van der Waals surface area contributed by atoms with Crippen molar-refractivity contribution in [3.05, 3.63) is 285 Å². The predicted octanol–water partition coefficient (Wildman–Crippen LogP) is 19.6. The Labute approximate surface area is 467 Å². The number of hydrogen-bond acceptors (Lipinski definition) is 4. The maximum absolute atomic E-state index is 7.24. The molecule has 1 unspecified atom stereocenters. The van der Waals surface area contributed by atoms with Crippen molar-refractivity contribution >= 4 is 65.6 Å². The molecule has 0 saturated heterocycles. The average molecular weight is 1040 g/mol. The van der Waals surface area contributed by atoms with Crippen LogP contribution < -0.4 is 0 Å². The summed E-state index contributed by atoms with van der Waals surface area (Å²) in [7, 11) is 0. The van der Waals surface area contributed by atoms with Crippen LogP contribution in [-0.2, 0) is 0 Å². The molecule has 4 heterocycles. The minimum atomic E-state index is 0.325. The van der Waals surface area contributed by atoms with E-state index in [1.807, 2.05) is 6.07 Å². The Morgan fingerprint density at radius 2 is 0.938 bits per heavy atom. The molecule has 1 atom stereocenters. The number of allylic oxidation sites excluding steroid dienone is 4. The van der Waals surface area contributed by atoms with Gasteiger partial charge in [-0.3, -0.25) is 0 Å². The lowest BCUT2D eigenvalue weighted by Crippen LogP contribution is -2.04. The van der Waals surface area contributed by atoms with E-state index in [-0.39, 0.29) is 0 Å². The predicted molar refractivity (Wildman–Crippen MR) is 334 cm³/mol. The molecule has 16 rings (SSSR count). The Morgan fingerprint density at radius 3 is 1.62 bits per heavy atom. The van der Waals surface area contributed by atoms with Crippen molar-refractivity contribution in [3.63, 3.8) is 0 Å². The highest BCUT2D eigenvalue weighted by Crippen LogP contribution is 2.47. The smallest absolute Gasteiger partial charge is 0.164 e. The maximum Gasteiger partial charge on any atom is 0.164 e. The van der Waals surface area contributed by atoms with Gasteiger partial charge in [-0.2, -0.15) is 0 Å². The molecule has 11 aromatic carbocycles. The Bertz CT molecular complexity index is 4930. The van der Waals surface area contributed by atoms with Gasteiger partial charge in [0.05, 0.1) is 33.1 Å². The topological polar surface area (TPSA) is 61.7 Å². The van der Waals surface area contributed by atoms with Gasteiger partial charge in [0, 0.05) is 72.4 Å². The van der Waals surface area contributed by atoms with Crippen molar-refractivity contribution in [2.24, 2.45) is 0 Å². The first-order valence-electron chi connectivity index (χ1n) is 27.7. The minimum Gasteiger partial charge on any atom is -0.455 e. The second kappa shape index (κ2) is 19.0. The highest BCUT2D eigenvalue weighted by Gasteiger charge is 2.26. The number of para-hydroxylation sites is 3. The molecular formula is C75H49N5O. The van der Waals surface area contributed by atoms with Crippen LogP contribution in [0.2, 0.25) is 0 Å². The third kappa shape index (κ3) is 7.83. The van der Waals surface area contributed by atoms with Crippen molar-refractivity contribution in [2.75, 3.05) is 0 Å². The molecule has 0 radical (unpaired) electrons. The number of hydrogen-bond donors (Lipinski definition) is 0. The Balaban J connectivity index is 0.940. The van der Waals surface area contributed by atoms with Crippen LogP contribution in [0.15, 0.2) is 284 Å². The number of rotatable bonds is 9. The first-order chi connectivity index (χ1) is 40.2. The summed E-state index contributed by atoms with van der Waals surface area (Å²) in [5.41, 5.74) is 18.6. The van der Waals surface area contributed by atoms with Crippen LogP contribution in [-0.4, -0.2) is 24.1 Å². The standard InChI is InChI=1S/C75H49N5O/c1-6-21-48(22-7-1)50-37-39-53(40-38-50)73-76-74(55-30-20-29-54(43-55)49-23-8-2-9-24-49)78-75(77-73)56-44-61(51-25-10-3-11-26-51)71(62(45-56)52-27-12-4-13-28-52)80-66-36-19-17-34-60(66)70-67(80)42-41-59-64-46-63-58-33-16-18-35-65(58)79(57-31-14-5-15-32-57)68(63)47-69(64)81-72(59)70/h1-21,23-48H,22H2. The molecule has 6 nitrogen and oxygen atoms in total. The number of benzene rings is 11. The molecule has 6 heteroatoms. The fraction of sp³-hybridized carbons (Fsp3) is 0.0267. The van der Waals surface area contributed by atoms with E-state index in [1.54, 1.807) is 0 Å². The van der Waals surface area contributed by atoms with E-state index in [0.29, 0.717) is 23.4 Å². The van der Waals surface area contributed by atoms with Gasteiger partial charge in [-0.15, -0.1) is 0 Å². The molecule has 0 bridgehead atoms. The van der Waals surface area contributed by atoms with Crippen LogP contribution in [0.3, 0.4) is 0 Å². The van der Waals surface area contributed by atoms with Gasteiger partial charge in [0.25, 0.3) is 0 Å². The van der Waals surface area contributed by atoms with Gasteiger partial charge in [-0.1, -0.05) is 212 Å². The lowest BCUT2D eigenvalue weighted by atomic mass is 9.92. The summed E-state index contributed by atoms with van der Waals surface area (Å²) in [6.07, 6.45) is 9.74. The Morgan fingerprint density at radius 1 is 0.358 bits per heavy atom. The van der Waals surface area contributed by atoms with Gasteiger partial charge >= 0.3 is 0 Å². The van der Waals surface area contributed by atoms with Gasteiger partial charge in [0.2, 0.25) is 0 Å². The highest BCUT2D eigenvalue weighted by molar-refractivity contribution is 6.26. The third-order valence-corrected chi connectivity index (χ3v) is 16.3. The summed E-state index contributed by atoms with van der Waals surface area (Å²) in [5, 5.41) is 6.73. The molecule has 1 aliphatic rings. The van der Waals surface area contributed by atoms with Crippen LogP contribution in [0.1, 0.15) is 17.9 Å². The molecular weight excluding hydrogens is 987 g/mol. The third-order valence-electron chi connectivity index (χ3n) is 16.3. The molecule has 1 aliphatic carbocycles. The minimum absolute atomic E-state index is 0.325. The molecule has 15 aromatic rings. The summed E-state index contributed by atoms with van der Waals surface area (Å²) in [6.45, 7) is 0. The zero-order valence-electron chi connectivity index (χ0n) is 44.0. The number of nitrogens with zero attached hydrogens (tertiary/aromatic N) is 5. The molecule has 0 amide bonds. The molecule has 0 N–H and O–H groups in total. The van der Waals surface area contributed by atoms with Crippen LogP contribution >= 0.6 is 0 Å². The first-order valence-corrected chi connectivity index (χ1v) is 27.7. The van der Waals surface area contributed by atoms with Crippen LogP contribution in [0.5, 0.6) is 0 Å². The first kappa shape index (κ1) is 46.4. The fourth-order valence-electron chi connectivity index (χ4n) is 12.5. The van der Waals surface area contributed by atoms with Crippen molar-refractivity contribution in [1.82, 2.24) is 24.1 Å². The van der Waals surface area contributed by atoms with E-state index >= 15 is 0 Å². The van der Waals surface area contributed by atoms with Crippen LogP contribution in [0.25, 0.3) is 144 Å². The van der Waals surface area contributed by atoms with Crippen molar-refractivity contribution in [2.45, 2.75) is 12.3 Å². The lowest BCUT2D eigenvalue weighted by molar-refractivity contribution is 0.673. The number of aromatic nitrogens is 5. The molecule has 0 fully saturated rings. The van der Waals surface area contributed by atoms with Gasteiger partial charge in [-0.05, 0) is 94.9 Å². The van der Waals surface area contributed by atoms with Crippen molar-refractivity contribution in [1.29, 1.82) is 0 Å². The number of fused-ring (bicyclic) bond motifs is 10. The van der Waals surface area contributed by atoms with E-state index in [9.17, 15) is 0 Å². The SMILES string of the molecule is C1=CCC(c2ccc(-c3nc(-c4cccc(-c5ccccc5)c4)nc(-c4cc(-c5ccccc5)c(-n5c6ccccc6c6c7oc8cc9c(cc8c7ccc65)c5ccccc5n9-c5ccccc5)c(-c5ccccc5)c4)n3)cc2)C=C1. The molecule has 81 heavy (non-hydrogen) atoms. The van der Waals surface area contributed by atoms with Crippen LogP contribution in [0, 0.1) is 0 Å². The van der Waals surface area contributed by atoms with E-state index < -0.39 is 0 Å². The zero-order valence-corrected chi connectivity index (χ0v) is 44.0. The van der Waals surface area contributed by atoms with E-state index in [1.165, 1.54) is 16.3 Å². The van der Waals surface area contributed by atoms with Gasteiger partial charge in [0.15, 0.2) is 17.5 Å². The largest absolute Gasteiger partial charge is 0.455 e. The fourth-order valence-corrected chi connectivity index (χ4v) is 12.5. The Kier molecular flexibility index (Phi) is 10.9. The van der Waals surface area contributed by atoms with E-state index in [0.717, 1.165) is 123 Å². The highest BCUT2D eigenvalue weighted by atomic mass is 16.3. The quantitative estimate of drug-likeness (QED) is 0.145. The average Bonchev–Trinajstić information content (AvgIpc) is 4.38. The summed E-state index contributed by atoms with van der Waals surface area (Å²) in [5.74, 6) is 2.11. The normalized spacial score (nSPS) is 13.4. The lowest BCUT2D eigenvalue weighted by Gasteiger charge is -2.21. The number of furan rings is 1. The second-order valence-corrected chi connectivity index (χ2v) is 21.0. The second-order valence-electron chi connectivity index (χ2n) is 21.0. The van der Waals surface area contributed by atoms with Crippen LogP contribution in [0.4, 0.5) is 0 Å². The molecule has 380 valence electrons. The van der Waals surface area contributed by atoms with Gasteiger partial charge in [0.1, 0.15) is 11.2 Å². The zero-order chi connectivity index (χ0) is 53.4. The molecule has 4 aromatic heterocycles. The van der Waals surface area contributed by atoms with Crippen molar-refractivity contribution < 1.29 is 4.42 Å². The molecule has 0 saturated carbocycles. The monoisotopic (exact) mass is 1040 g/mol.